The molecule has 4 heterocycles. The van der Waals surface area contributed by atoms with E-state index in [0.717, 1.165) is 67.0 Å². The molecule has 0 aliphatic carbocycles. The summed E-state index contributed by atoms with van der Waals surface area (Å²) in [4.78, 5) is 4.75. The molecular weight excluding hydrogens is 466 g/mol. The van der Waals surface area contributed by atoms with Gasteiger partial charge < -0.3 is 20.1 Å². The van der Waals surface area contributed by atoms with Gasteiger partial charge >= 0.3 is 0 Å². The molecule has 0 amide bonds. The summed E-state index contributed by atoms with van der Waals surface area (Å²) < 4.78 is 5.59. The van der Waals surface area contributed by atoms with Gasteiger partial charge in [0.05, 0.1) is 13.2 Å². The number of nitrogens with one attached hydrogen (secondary N) is 1. The molecule has 2 aromatic rings. The van der Waals surface area contributed by atoms with Gasteiger partial charge in [-0.25, -0.2) is 0 Å². The second kappa shape index (κ2) is 10.7. The highest BCUT2D eigenvalue weighted by molar-refractivity contribution is 7.80. The maximum Gasteiger partial charge on any atom is 0.177 e. The van der Waals surface area contributed by atoms with Gasteiger partial charge in [0.15, 0.2) is 5.11 Å². The zero-order valence-corrected chi connectivity index (χ0v) is 22.9. The Balaban J connectivity index is 1.37. The summed E-state index contributed by atoms with van der Waals surface area (Å²) in [5.41, 5.74) is 4.53. The fraction of sp³-hybridized carbons (Fsp3) is 0.567. The summed E-state index contributed by atoms with van der Waals surface area (Å²) in [5.74, 6) is 2.94. The van der Waals surface area contributed by atoms with Crippen LogP contribution in [0.3, 0.4) is 0 Å². The number of hydrogen-bond donors (Lipinski definition) is 2. The quantitative estimate of drug-likeness (QED) is 0.469. The van der Waals surface area contributed by atoms with Gasteiger partial charge in [-0.3, -0.25) is 4.90 Å². The van der Waals surface area contributed by atoms with Crippen LogP contribution in [0.5, 0.6) is 5.75 Å². The molecule has 2 aromatic carbocycles. The van der Waals surface area contributed by atoms with Crippen LogP contribution in [0, 0.1) is 11.8 Å². The maximum absolute atomic E-state index is 11.8. The van der Waals surface area contributed by atoms with E-state index in [2.05, 4.69) is 72.3 Å². The maximum atomic E-state index is 11.8. The van der Waals surface area contributed by atoms with E-state index in [4.69, 9.17) is 17.0 Å². The Labute approximate surface area is 221 Å². The van der Waals surface area contributed by atoms with Gasteiger partial charge in [-0.15, -0.1) is 0 Å². The molecule has 36 heavy (non-hydrogen) atoms. The summed E-state index contributed by atoms with van der Waals surface area (Å²) in [7, 11) is 1.71. The first-order valence-corrected chi connectivity index (χ1v) is 14.1. The molecule has 0 aromatic heterocycles. The van der Waals surface area contributed by atoms with E-state index in [9.17, 15) is 5.11 Å². The number of benzene rings is 2. The van der Waals surface area contributed by atoms with Crippen LogP contribution in [-0.2, 0) is 0 Å². The Kier molecular flexibility index (Phi) is 7.57. The molecule has 2 bridgehead atoms. The van der Waals surface area contributed by atoms with E-state index >= 15 is 0 Å². The van der Waals surface area contributed by atoms with Crippen LogP contribution < -0.4 is 15.0 Å². The van der Waals surface area contributed by atoms with Gasteiger partial charge in [0.2, 0.25) is 0 Å². The van der Waals surface area contributed by atoms with Crippen LogP contribution in [0.25, 0.3) is 0 Å². The lowest BCUT2D eigenvalue weighted by Gasteiger charge is -2.53. The van der Waals surface area contributed by atoms with Crippen LogP contribution >= 0.6 is 12.2 Å². The number of aliphatic hydroxyl groups is 1. The fourth-order valence-electron chi connectivity index (χ4n) is 6.72. The number of hydrogen-bond acceptors (Lipinski definition) is 4. The summed E-state index contributed by atoms with van der Waals surface area (Å²) in [6.07, 6.45) is 4.12. The second-order valence-corrected chi connectivity index (χ2v) is 11.6. The number of thiocarbonyl (C=S) groups is 1. The van der Waals surface area contributed by atoms with Crippen LogP contribution in [0.15, 0.2) is 42.5 Å². The average molecular weight is 508 g/mol. The van der Waals surface area contributed by atoms with Gasteiger partial charge in [0.25, 0.3) is 0 Å². The number of rotatable bonds is 6. The third-order valence-electron chi connectivity index (χ3n) is 8.93. The number of methoxy groups -OCH3 is 1. The molecule has 4 aliphatic rings. The molecule has 2 N–H and O–H groups in total. The predicted octanol–water partition coefficient (Wildman–Crippen LogP) is 5.99. The summed E-state index contributed by atoms with van der Waals surface area (Å²) >= 11 is 5.89. The Morgan fingerprint density at radius 1 is 1.14 bits per heavy atom. The first kappa shape index (κ1) is 25.5. The molecule has 0 saturated carbocycles. The standard InChI is InChI=1S/C30H41N3O2S/c1-5-20-18-32-14-12-22(20)16-28(32)29(34)25-13-15-33(27-11-10-24(35-4)17-26(25)27)30(36)31-23-8-6-21(7-9-23)19(2)3/h6-11,17,19-20,22,25,28-29,34H,5,12-16,18H2,1-4H3,(H,31,36). The highest BCUT2D eigenvalue weighted by atomic mass is 32.1. The van der Waals surface area contributed by atoms with E-state index in [1.54, 1.807) is 7.11 Å². The van der Waals surface area contributed by atoms with E-state index in [0.29, 0.717) is 11.0 Å². The zero-order valence-electron chi connectivity index (χ0n) is 22.1. The molecular formula is C30H41N3O2S. The molecule has 0 radical (unpaired) electrons. The van der Waals surface area contributed by atoms with Crippen LogP contribution in [0.2, 0.25) is 0 Å². The predicted molar refractivity (Wildman–Crippen MR) is 152 cm³/mol. The van der Waals surface area contributed by atoms with Crippen molar-refractivity contribution in [2.75, 3.05) is 37.0 Å². The number of anilines is 2. The minimum Gasteiger partial charge on any atom is -0.497 e. The molecule has 0 spiro atoms. The molecule has 5 nitrogen and oxygen atoms in total. The van der Waals surface area contributed by atoms with Crippen LogP contribution in [0.1, 0.15) is 69.4 Å². The van der Waals surface area contributed by atoms with Crippen molar-refractivity contribution in [3.05, 3.63) is 53.6 Å². The Hall–Kier alpha value is -2.15. The third kappa shape index (κ3) is 4.88. The molecule has 6 atom stereocenters. The van der Waals surface area contributed by atoms with E-state index in [1.807, 2.05) is 6.07 Å². The minimum atomic E-state index is -0.385. The Morgan fingerprint density at radius 2 is 1.92 bits per heavy atom. The summed E-state index contributed by atoms with van der Waals surface area (Å²) in [5, 5.41) is 15.9. The number of aliphatic hydroxyl groups excluding tert-OH is 1. The molecule has 6 unspecified atom stereocenters. The SMILES string of the molecule is CCC1CN2CCC1CC2C(O)C1CCN(C(=S)Nc2ccc(C(C)C)cc2)c2ccc(OC)cc21. The largest absolute Gasteiger partial charge is 0.497 e. The number of ether oxygens (including phenoxy) is 1. The topological polar surface area (TPSA) is 48.0 Å². The molecule has 4 aliphatic heterocycles. The normalized spacial score (nSPS) is 28.1. The van der Waals surface area contributed by atoms with Crippen molar-refractivity contribution in [3.63, 3.8) is 0 Å². The molecule has 3 saturated heterocycles. The fourth-order valence-corrected chi connectivity index (χ4v) is 7.03. The average Bonchev–Trinajstić information content (AvgIpc) is 2.92. The highest BCUT2D eigenvalue weighted by Gasteiger charge is 2.45. The van der Waals surface area contributed by atoms with Crippen molar-refractivity contribution < 1.29 is 9.84 Å². The van der Waals surface area contributed by atoms with E-state index in [1.165, 1.54) is 18.4 Å². The monoisotopic (exact) mass is 507 g/mol. The van der Waals surface area contributed by atoms with E-state index in [-0.39, 0.29) is 18.1 Å². The van der Waals surface area contributed by atoms with Gasteiger partial charge in [-0.2, -0.15) is 0 Å². The minimum absolute atomic E-state index is 0.0731. The zero-order chi connectivity index (χ0) is 25.4. The van der Waals surface area contributed by atoms with Crippen molar-refractivity contribution in [1.29, 1.82) is 0 Å². The first-order valence-electron chi connectivity index (χ1n) is 13.7. The van der Waals surface area contributed by atoms with Crippen molar-refractivity contribution in [1.82, 2.24) is 4.90 Å². The van der Waals surface area contributed by atoms with Crippen molar-refractivity contribution in [2.45, 2.75) is 70.4 Å². The summed E-state index contributed by atoms with van der Waals surface area (Å²) in [6.45, 7) is 9.76. The molecule has 6 rings (SSSR count). The summed E-state index contributed by atoms with van der Waals surface area (Å²) in [6, 6.07) is 15.0. The molecule has 194 valence electrons. The number of nitrogens with zero attached hydrogens (tertiary/aromatic N) is 2. The Morgan fingerprint density at radius 3 is 2.56 bits per heavy atom. The molecule has 3 fully saturated rings. The lowest BCUT2D eigenvalue weighted by atomic mass is 9.70. The first-order chi connectivity index (χ1) is 17.4. The second-order valence-electron chi connectivity index (χ2n) is 11.2. The highest BCUT2D eigenvalue weighted by Crippen LogP contribution is 2.45. The van der Waals surface area contributed by atoms with Crippen molar-refractivity contribution in [3.8, 4) is 5.75 Å². The molecule has 6 heteroatoms. The van der Waals surface area contributed by atoms with Crippen LogP contribution in [0.4, 0.5) is 11.4 Å². The Bertz CT molecular complexity index is 1070. The lowest BCUT2D eigenvalue weighted by Crippen LogP contribution is -2.58. The smallest absolute Gasteiger partial charge is 0.177 e. The number of piperidine rings is 3. The van der Waals surface area contributed by atoms with Gasteiger partial charge in [0, 0.05) is 36.4 Å². The van der Waals surface area contributed by atoms with E-state index < -0.39 is 0 Å². The van der Waals surface area contributed by atoms with Crippen LogP contribution in [-0.4, -0.2) is 54.0 Å². The number of fused-ring (bicyclic) bond motifs is 4. The van der Waals surface area contributed by atoms with Gasteiger partial charge in [-0.1, -0.05) is 39.3 Å². The van der Waals surface area contributed by atoms with Gasteiger partial charge in [0.1, 0.15) is 5.75 Å². The van der Waals surface area contributed by atoms with Gasteiger partial charge in [-0.05, 0) is 97.2 Å². The van der Waals surface area contributed by atoms with Crippen molar-refractivity contribution in [2.24, 2.45) is 11.8 Å². The lowest BCUT2D eigenvalue weighted by molar-refractivity contribution is -0.0640. The van der Waals surface area contributed by atoms with Crippen molar-refractivity contribution >= 4 is 28.7 Å². The third-order valence-corrected chi connectivity index (χ3v) is 9.25.